The normalized spacial score (nSPS) is 27.1. The largest absolute Gasteiger partial charge is 0.381 e. The number of rotatable bonds is 5. The number of urea groups is 1. The summed E-state index contributed by atoms with van der Waals surface area (Å²) in [6.45, 7) is 0.763. The van der Waals surface area contributed by atoms with Crippen LogP contribution in [0.1, 0.15) is 63.0 Å². The van der Waals surface area contributed by atoms with E-state index in [1.807, 2.05) is 30.3 Å². The van der Waals surface area contributed by atoms with E-state index in [0.29, 0.717) is 24.3 Å². The molecule has 2 aliphatic carbocycles. The molecule has 2 aromatic rings. The first-order valence-corrected chi connectivity index (χ1v) is 14.2. The van der Waals surface area contributed by atoms with Crippen molar-refractivity contribution in [2.45, 2.75) is 69.0 Å². The smallest absolute Gasteiger partial charge is 0.319 e. The molecular formula is C32H38N4O2. The fourth-order valence-electron chi connectivity index (χ4n) is 7.22. The van der Waals surface area contributed by atoms with Crippen LogP contribution in [0.25, 0.3) is 0 Å². The molecule has 38 heavy (non-hydrogen) atoms. The number of hydrogen-bond donors (Lipinski definition) is 3. The van der Waals surface area contributed by atoms with Crippen molar-refractivity contribution in [3.63, 3.8) is 0 Å². The Balaban J connectivity index is 1.22. The molecule has 6 nitrogen and oxygen atoms in total. The van der Waals surface area contributed by atoms with Gasteiger partial charge in [0.2, 0.25) is 5.91 Å². The predicted molar refractivity (Wildman–Crippen MR) is 152 cm³/mol. The van der Waals surface area contributed by atoms with Crippen LogP contribution < -0.4 is 16.0 Å². The van der Waals surface area contributed by atoms with Crippen molar-refractivity contribution in [3.8, 4) is 0 Å². The zero-order chi connectivity index (χ0) is 26.0. The van der Waals surface area contributed by atoms with Gasteiger partial charge >= 0.3 is 6.03 Å². The highest BCUT2D eigenvalue weighted by atomic mass is 16.2. The standard InChI is InChI=1S/C32H38N4O2/c37-28(22-32(19-10-3-11-20-32)35-31(38)33-24-14-6-2-7-15-24)36-21-18-26-29(23-12-4-1-5-13-23)34-27-17-9-8-16-25(27)30(26)36/h1-2,4-9,12,14-17,23,26,29-30,34H,3,10-11,13,18-22H2,(H2,33,35,38)/t23?,26-,29+,30+/m1/s1. The fourth-order valence-corrected chi connectivity index (χ4v) is 7.22. The third kappa shape index (κ3) is 4.96. The molecule has 198 valence electrons. The Morgan fingerprint density at radius 2 is 1.76 bits per heavy atom. The number of fused-ring (bicyclic) bond motifs is 3. The van der Waals surface area contributed by atoms with Crippen molar-refractivity contribution in [2.75, 3.05) is 17.2 Å². The van der Waals surface area contributed by atoms with E-state index >= 15 is 0 Å². The van der Waals surface area contributed by atoms with Crippen molar-refractivity contribution in [2.24, 2.45) is 11.8 Å². The maximum absolute atomic E-state index is 14.1. The lowest BCUT2D eigenvalue weighted by Crippen LogP contribution is -2.54. The Morgan fingerprint density at radius 3 is 2.55 bits per heavy atom. The van der Waals surface area contributed by atoms with Crippen molar-refractivity contribution in [1.82, 2.24) is 10.2 Å². The first-order chi connectivity index (χ1) is 18.6. The van der Waals surface area contributed by atoms with Gasteiger partial charge in [0, 0.05) is 42.2 Å². The van der Waals surface area contributed by atoms with Gasteiger partial charge < -0.3 is 20.9 Å². The number of amides is 3. The van der Waals surface area contributed by atoms with E-state index < -0.39 is 5.54 Å². The predicted octanol–water partition coefficient (Wildman–Crippen LogP) is 6.42. The summed E-state index contributed by atoms with van der Waals surface area (Å²) in [5.41, 5.74) is 2.62. The number of carbonyl (C=O) groups excluding carboxylic acids is 2. The molecule has 2 aliphatic heterocycles. The number of nitrogens with zero attached hydrogens (tertiary/aromatic N) is 1. The van der Waals surface area contributed by atoms with Crippen LogP contribution >= 0.6 is 0 Å². The van der Waals surface area contributed by atoms with Gasteiger partial charge in [-0.1, -0.05) is 80.0 Å². The van der Waals surface area contributed by atoms with Crippen LogP contribution in [-0.2, 0) is 4.79 Å². The Bertz CT molecular complexity index is 1220. The van der Waals surface area contributed by atoms with Crippen LogP contribution in [0.2, 0.25) is 0 Å². The number of para-hydroxylation sites is 2. The quantitative estimate of drug-likeness (QED) is 0.435. The van der Waals surface area contributed by atoms with Crippen molar-refractivity contribution < 1.29 is 9.59 Å². The number of anilines is 2. The Kier molecular flexibility index (Phi) is 6.96. The second-order valence-corrected chi connectivity index (χ2v) is 11.4. The molecular weight excluding hydrogens is 472 g/mol. The Labute approximate surface area is 225 Å². The first kappa shape index (κ1) is 24.8. The lowest BCUT2D eigenvalue weighted by atomic mass is 9.75. The molecule has 4 aliphatic rings. The third-order valence-corrected chi connectivity index (χ3v) is 9.01. The van der Waals surface area contributed by atoms with Gasteiger partial charge in [0.05, 0.1) is 11.6 Å². The number of nitrogens with one attached hydrogen (secondary N) is 3. The van der Waals surface area contributed by atoms with Gasteiger partial charge in [-0.3, -0.25) is 4.79 Å². The van der Waals surface area contributed by atoms with E-state index in [9.17, 15) is 9.59 Å². The van der Waals surface area contributed by atoms with Crippen molar-refractivity contribution in [1.29, 1.82) is 0 Å². The molecule has 2 aromatic carbocycles. The minimum absolute atomic E-state index is 0.0723. The average Bonchev–Trinajstić information content (AvgIpc) is 3.40. The van der Waals surface area contributed by atoms with Gasteiger partial charge in [-0.05, 0) is 49.4 Å². The summed E-state index contributed by atoms with van der Waals surface area (Å²) in [6.07, 6.45) is 16.1. The van der Waals surface area contributed by atoms with Crippen molar-refractivity contribution in [3.05, 3.63) is 84.5 Å². The highest BCUT2D eigenvalue weighted by Crippen LogP contribution is 2.49. The number of carbonyl (C=O) groups is 2. The molecule has 4 atom stereocenters. The lowest BCUT2D eigenvalue weighted by Gasteiger charge is -2.44. The van der Waals surface area contributed by atoms with E-state index in [1.165, 1.54) is 5.56 Å². The molecule has 0 radical (unpaired) electrons. The third-order valence-electron chi connectivity index (χ3n) is 9.01. The summed E-state index contributed by atoms with van der Waals surface area (Å²) in [5.74, 6) is 0.949. The van der Waals surface area contributed by atoms with Crippen LogP contribution in [0.3, 0.4) is 0 Å². The monoisotopic (exact) mass is 510 g/mol. The molecule has 0 spiro atoms. The molecule has 1 saturated carbocycles. The van der Waals surface area contributed by atoms with E-state index in [2.05, 4.69) is 69.4 Å². The summed E-state index contributed by atoms with van der Waals surface area (Å²) in [6, 6.07) is 18.1. The second kappa shape index (κ2) is 10.7. The van der Waals surface area contributed by atoms with E-state index in [1.54, 1.807) is 0 Å². The van der Waals surface area contributed by atoms with Crippen LogP contribution in [0.15, 0.2) is 78.9 Å². The summed E-state index contributed by atoms with van der Waals surface area (Å²) in [5, 5.41) is 10.1. The fraction of sp³-hybridized carbons (Fsp3) is 0.438. The van der Waals surface area contributed by atoms with Crippen LogP contribution in [-0.4, -0.2) is 35.0 Å². The highest BCUT2D eigenvalue weighted by molar-refractivity contribution is 5.90. The van der Waals surface area contributed by atoms with Gasteiger partial charge in [0.15, 0.2) is 0 Å². The molecule has 2 heterocycles. The topological polar surface area (TPSA) is 73.5 Å². The summed E-state index contributed by atoms with van der Waals surface area (Å²) >= 11 is 0. The van der Waals surface area contributed by atoms with E-state index in [-0.39, 0.29) is 18.0 Å². The summed E-state index contributed by atoms with van der Waals surface area (Å²) < 4.78 is 0. The van der Waals surface area contributed by atoms with Gasteiger partial charge in [0.1, 0.15) is 0 Å². The Hall–Kier alpha value is -3.54. The molecule has 1 unspecified atom stereocenters. The van der Waals surface area contributed by atoms with Gasteiger partial charge in [-0.15, -0.1) is 0 Å². The summed E-state index contributed by atoms with van der Waals surface area (Å²) in [7, 11) is 0. The SMILES string of the molecule is O=C(Nc1ccccc1)NC1(CC(=O)N2CC[C@@H]3[C@H](C4C=CC=CC4)Nc4ccccc4[C@@H]32)CCCCC1. The van der Waals surface area contributed by atoms with Gasteiger partial charge in [-0.2, -0.15) is 0 Å². The molecule has 6 rings (SSSR count). The number of likely N-dealkylation sites (tertiary alicyclic amines) is 1. The maximum Gasteiger partial charge on any atom is 0.319 e. The zero-order valence-electron chi connectivity index (χ0n) is 21.9. The van der Waals surface area contributed by atoms with Crippen LogP contribution in [0.5, 0.6) is 0 Å². The van der Waals surface area contributed by atoms with Gasteiger partial charge in [-0.25, -0.2) is 4.79 Å². The number of allylic oxidation sites excluding steroid dienone is 3. The minimum atomic E-state index is -0.505. The molecule has 3 amide bonds. The van der Waals surface area contributed by atoms with Gasteiger partial charge in [0.25, 0.3) is 0 Å². The molecule has 2 fully saturated rings. The van der Waals surface area contributed by atoms with Crippen LogP contribution in [0, 0.1) is 11.8 Å². The Morgan fingerprint density at radius 1 is 0.974 bits per heavy atom. The van der Waals surface area contributed by atoms with E-state index in [4.69, 9.17) is 0 Å². The second-order valence-electron chi connectivity index (χ2n) is 11.4. The minimum Gasteiger partial charge on any atom is -0.381 e. The van der Waals surface area contributed by atoms with E-state index in [0.717, 1.165) is 62.9 Å². The van der Waals surface area contributed by atoms with Crippen LogP contribution in [0.4, 0.5) is 16.2 Å². The highest BCUT2D eigenvalue weighted by Gasteiger charge is 2.48. The molecule has 6 heteroatoms. The maximum atomic E-state index is 14.1. The lowest BCUT2D eigenvalue weighted by molar-refractivity contribution is -0.134. The number of benzene rings is 2. The van der Waals surface area contributed by atoms with Crippen molar-refractivity contribution >= 4 is 23.3 Å². The summed E-state index contributed by atoms with van der Waals surface area (Å²) in [4.78, 5) is 29.3. The molecule has 0 bridgehead atoms. The average molecular weight is 511 g/mol. The zero-order valence-corrected chi connectivity index (χ0v) is 21.9. The number of hydrogen-bond acceptors (Lipinski definition) is 3. The molecule has 1 saturated heterocycles. The molecule has 3 N–H and O–H groups in total. The molecule has 0 aromatic heterocycles. The first-order valence-electron chi connectivity index (χ1n) is 14.2.